The highest BCUT2D eigenvalue weighted by Crippen LogP contribution is 2.20. The molecule has 0 saturated carbocycles. The van der Waals surface area contributed by atoms with E-state index in [1.807, 2.05) is 25.3 Å². The number of hydrogen-bond acceptors (Lipinski definition) is 4. The summed E-state index contributed by atoms with van der Waals surface area (Å²) in [5.41, 5.74) is 0.978. The van der Waals surface area contributed by atoms with Crippen molar-refractivity contribution >= 4 is 10.0 Å². The van der Waals surface area contributed by atoms with E-state index in [0.29, 0.717) is 18.0 Å². The summed E-state index contributed by atoms with van der Waals surface area (Å²) in [5, 5.41) is 3.23. The molecule has 0 aliphatic rings. The van der Waals surface area contributed by atoms with E-state index in [1.165, 1.54) is 4.31 Å². The summed E-state index contributed by atoms with van der Waals surface area (Å²) in [6, 6.07) is 1.54. The fraction of sp³-hybridized carbons (Fsp3) is 0.714. The predicted molar refractivity (Wildman–Crippen MR) is 83.8 cm³/mol. The van der Waals surface area contributed by atoms with Crippen molar-refractivity contribution in [2.24, 2.45) is 0 Å². The molecule has 7 heteroatoms. The number of nitrogens with one attached hydrogen (secondary N) is 1. The second-order valence-electron chi connectivity index (χ2n) is 5.06. The Bertz CT molecular complexity index is 540. The molecule has 0 saturated heterocycles. The van der Waals surface area contributed by atoms with Gasteiger partial charge in [0.05, 0.1) is 6.61 Å². The molecule has 0 amide bonds. The lowest BCUT2D eigenvalue weighted by molar-refractivity contribution is 0.149. The lowest BCUT2D eigenvalue weighted by Gasteiger charge is -2.23. The summed E-state index contributed by atoms with van der Waals surface area (Å²) in [6.07, 6.45) is 1.71. The third-order valence-corrected chi connectivity index (χ3v) is 5.50. The van der Waals surface area contributed by atoms with Gasteiger partial charge in [0.25, 0.3) is 0 Å². The van der Waals surface area contributed by atoms with Gasteiger partial charge in [-0.05, 0) is 26.5 Å². The minimum atomic E-state index is -3.49. The predicted octanol–water partition coefficient (Wildman–Crippen LogP) is 1.27. The molecule has 0 aliphatic carbocycles. The highest BCUT2D eigenvalue weighted by molar-refractivity contribution is 7.89. The second-order valence-corrected chi connectivity index (χ2v) is 7.06. The van der Waals surface area contributed by atoms with Crippen LogP contribution in [0, 0.1) is 0 Å². The van der Waals surface area contributed by atoms with Crippen molar-refractivity contribution < 1.29 is 13.2 Å². The summed E-state index contributed by atoms with van der Waals surface area (Å²) < 4.78 is 33.6. The molecule has 0 aliphatic heterocycles. The Morgan fingerprint density at radius 1 is 1.43 bits per heavy atom. The van der Waals surface area contributed by atoms with Crippen molar-refractivity contribution in [1.29, 1.82) is 0 Å². The van der Waals surface area contributed by atoms with Crippen molar-refractivity contribution in [3.63, 3.8) is 0 Å². The van der Waals surface area contributed by atoms with E-state index in [1.54, 1.807) is 26.4 Å². The molecule has 1 atom stereocenters. The first-order chi connectivity index (χ1) is 9.88. The van der Waals surface area contributed by atoms with Crippen LogP contribution in [0.15, 0.2) is 17.2 Å². The van der Waals surface area contributed by atoms with E-state index >= 15 is 0 Å². The molecule has 0 bridgehead atoms. The van der Waals surface area contributed by atoms with Gasteiger partial charge in [-0.3, -0.25) is 0 Å². The van der Waals surface area contributed by atoms with Gasteiger partial charge in [-0.1, -0.05) is 6.92 Å². The monoisotopic (exact) mass is 317 g/mol. The van der Waals surface area contributed by atoms with Crippen LogP contribution in [0.4, 0.5) is 0 Å². The van der Waals surface area contributed by atoms with E-state index in [0.717, 1.165) is 18.8 Å². The van der Waals surface area contributed by atoms with Crippen LogP contribution >= 0.6 is 0 Å². The van der Waals surface area contributed by atoms with Gasteiger partial charge in [-0.2, -0.15) is 4.31 Å². The average molecular weight is 317 g/mol. The zero-order chi connectivity index (χ0) is 16.0. The number of methoxy groups -OCH3 is 1. The highest BCUT2D eigenvalue weighted by Gasteiger charge is 2.27. The Morgan fingerprint density at radius 3 is 2.62 bits per heavy atom. The fourth-order valence-electron chi connectivity index (χ4n) is 2.11. The van der Waals surface area contributed by atoms with Gasteiger partial charge in [0, 0.05) is 45.2 Å². The minimum Gasteiger partial charge on any atom is -0.383 e. The molecule has 0 aromatic carbocycles. The molecule has 21 heavy (non-hydrogen) atoms. The van der Waals surface area contributed by atoms with E-state index in [-0.39, 0.29) is 6.04 Å². The number of rotatable bonds is 9. The molecule has 122 valence electrons. The normalized spacial score (nSPS) is 13.8. The maximum Gasteiger partial charge on any atom is 0.244 e. The van der Waals surface area contributed by atoms with Crippen LogP contribution in [0.1, 0.15) is 26.5 Å². The Morgan fingerprint density at radius 2 is 2.10 bits per heavy atom. The van der Waals surface area contributed by atoms with Crippen LogP contribution in [0.25, 0.3) is 0 Å². The highest BCUT2D eigenvalue weighted by atomic mass is 32.2. The Hall–Kier alpha value is -0.890. The van der Waals surface area contributed by atoms with Crippen LogP contribution < -0.4 is 5.32 Å². The van der Waals surface area contributed by atoms with Crippen LogP contribution in [0.5, 0.6) is 0 Å². The lowest BCUT2D eigenvalue weighted by atomic mass is 10.4. The first kappa shape index (κ1) is 18.2. The van der Waals surface area contributed by atoms with Gasteiger partial charge in [0.1, 0.15) is 4.90 Å². The van der Waals surface area contributed by atoms with E-state index in [4.69, 9.17) is 4.74 Å². The van der Waals surface area contributed by atoms with Crippen LogP contribution in [0.2, 0.25) is 0 Å². The Labute approximate surface area is 128 Å². The molecule has 0 radical (unpaired) electrons. The van der Waals surface area contributed by atoms with Crippen LogP contribution in [-0.2, 0) is 27.8 Å². The van der Waals surface area contributed by atoms with Gasteiger partial charge < -0.3 is 14.6 Å². The third-order valence-electron chi connectivity index (χ3n) is 3.56. The van der Waals surface area contributed by atoms with Crippen molar-refractivity contribution in [1.82, 2.24) is 14.2 Å². The van der Waals surface area contributed by atoms with Crippen LogP contribution in [0.3, 0.4) is 0 Å². The summed E-state index contributed by atoms with van der Waals surface area (Å²) >= 11 is 0. The zero-order valence-electron chi connectivity index (χ0n) is 13.6. The summed E-state index contributed by atoms with van der Waals surface area (Å²) in [7, 11) is -0.334. The molecule has 1 heterocycles. The fourth-order valence-corrected chi connectivity index (χ4v) is 3.52. The Kier molecular flexibility index (Phi) is 6.86. The van der Waals surface area contributed by atoms with Gasteiger partial charge in [-0.25, -0.2) is 8.42 Å². The number of aromatic nitrogens is 1. The Balaban J connectivity index is 3.05. The molecule has 1 unspecified atom stereocenters. The molecule has 0 spiro atoms. The maximum atomic E-state index is 12.6. The van der Waals surface area contributed by atoms with Crippen molar-refractivity contribution in [2.45, 2.75) is 44.8 Å². The number of likely N-dealkylation sites (N-methyl/N-ethyl adjacent to an activating group) is 1. The SMILES string of the molecule is CCNCc1cc(S(=O)(=O)N(C)C(C)COC)cn1CC. The molecule has 1 aromatic heterocycles. The zero-order valence-corrected chi connectivity index (χ0v) is 14.4. The molecule has 6 nitrogen and oxygen atoms in total. The summed E-state index contributed by atoms with van der Waals surface area (Å²) in [5.74, 6) is 0. The maximum absolute atomic E-state index is 12.6. The number of aryl methyl sites for hydroxylation is 1. The van der Waals surface area contributed by atoms with Gasteiger partial charge in [0.2, 0.25) is 10.0 Å². The van der Waals surface area contributed by atoms with Crippen molar-refractivity contribution in [3.8, 4) is 0 Å². The van der Waals surface area contributed by atoms with Gasteiger partial charge in [0.15, 0.2) is 0 Å². The smallest absolute Gasteiger partial charge is 0.244 e. The number of ether oxygens (including phenoxy) is 1. The summed E-state index contributed by atoms with van der Waals surface area (Å²) in [6.45, 7) is 8.48. The molecule has 1 N–H and O–H groups in total. The van der Waals surface area contributed by atoms with Gasteiger partial charge in [-0.15, -0.1) is 0 Å². The third kappa shape index (κ3) is 4.29. The molecular weight excluding hydrogens is 290 g/mol. The number of nitrogens with zero attached hydrogens (tertiary/aromatic N) is 2. The first-order valence-corrected chi connectivity index (χ1v) is 8.69. The number of hydrogen-bond donors (Lipinski definition) is 1. The largest absolute Gasteiger partial charge is 0.383 e. The second kappa shape index (κ2) is 7.93. The quantitative estimate of drug-likeness (QED) is 0.745. The lowest BCUT2D eigenvalue weighted by Crippen LogP contribution is -2.37. The topological polar surface area (TPSA) is 63.6 Å². The van der Waals surface area contributed by atoms with E-state index in [9.17, 15) is 8.42 Å². The van der Waals surface area contributed by atoms with E-state index in [2.05, 4.69) is 5.32 Å². The standard InChI is InChI=1S/C14H27N3O3S/c1-6-15-9-13-8-14(10-17(13)7-2)21(18,19)16(4)12(3)11-20-5/h8,10,12,15H,6-7,9,11H2,1-5H3. The van der Waals surface area contributed by atoms with E-state index < -0.39 is 10.0 Å². The summed E-state index contributed by atoms with van der Waals surface area (Å²) in [4.78, 5) is 0.336. The molecular formula is C14H27N3O3S. The molecule has 1 aromatic rings. The van der Waals surface area contributed by atoms with Crippen molar-refractivity contribution in [2.75, 3.05) is 27.3 Å². The van der Waals surface area contributed by atoms with Crippen LogP contribution in [-0.4, -0.2) is 50.6 Å². The van der Waals surface area contributed by atoms with Gasteiger partial charge >= 0.3 is 0 Å². The molecule has 0 fully saturated rings. The average Bonchev–Trinajstić information content (AvgIpc) is 2.88. The molecule has 1 rings (SSSR count). The van der Waals surface area contributed by atoms with Crippen molar-refractivity contribution in [3.05, 3.63) is 18.0 Å². The first-order valence-electron chi connectivity index (χ1n) is 7.25. The minimum absolute atomic E-state index is 0.206. The number of sulfonamides is 1.